The van der Waals surface area contributed by atoms with E-state index in [1.54, 1.807) is 0 Å². The molecule has 4 heteroatoms. The van der Waals surface area contributed by atoms with E-state index in [1.165, 1.54) is 12.8 Å². The van der Waals surface area contributed by atoms with Crippen LogP contribution in [0.5, 0.6) is 0 Å². The van der Waals surface area contributed by atoms with Gasteiger partial charge in [-0.1, -0.05) is 0 Å². The van der Waals surface area contributed by atoms with Gasteiger partial charge in [0.15, 0.2) is 5.90 Å². The number of ether oxygens (including phenoxy) is 1. The quantitative estimate of drug-likeness (QED) is 0.748. The van der Waals surface area contributed by atoms with E-state index in [2.05, 4.69) is 4.99 Å². The molecule has 3 atom stereocenters. The summed E-state index contributed by atoms with van der Waals surface area (Å²) in [7, 11) is 0. The van der Waals surface area contributed by atoms with Crippen molar-refractivity contribution in [3.05, 3.63) is 0 Å². The van der Waals surface area contributed by atoms with E-state index in [9.17, 15) is 4.79 Å². The highest BCUT2D eigenvalue weighted by Crippen LogP contribution is 2.39. The summed E-state index contributed by atoms with van der Waals surface area (Å²) in [5.41, 5.74) is 0. The number of hydrogen-bond donors (Lipinski definition) is 1. The number of fused-ring (bicyclic) bond motifs is 1. The van der Waals surface area contributed by atoms with Crippen LogP contribution in [0.4, 0.5) is 0 Å². The Morgan fingerprint density at radius 1 is 1.33 bits per heavy atom. The Bertz CT molecular complexity index is 322. The molecule has 0 saturated heterocycles. The predicted molar refractivity (Wildman–Crippen MR) is 53.8 cm³/mol. The van der Waals surface area contributed by atoms with Crippen molar-refractivity contribution in [3.8, 4) is 0 Å². The lowest BCUT2D eigenvalue weighted by atomic mass is 9.84. The number of carboxylic acids is 1. The number of nitrogens with zero attached hydrogens (tertiary/aromatic N) is 1. The molecule has 3 aliphatic rings. The van der Waals surface area contributed by atoms with Crippen LogP contribution < -0.4 is 0 Å². The zero-order chi connectivity index (χ0) is 10.4. The molecule has 4 nitrogen and oxygen atoms in total. The third-order valence-electron chi connectivity index (χ3n) is 3.60. The van der Waals surface area contributed by atoms with Crippen molar-refractivity contribution in [2.75, 3.05) is 0 Å². The Morgan fingerprint density at radius 2 is 2.13 bits per heavy atom. The molecule has 0 spiro atoms. The zero-order valence-corrected chi connectivity index (χ0v) is 8.56. The number of carbonyl (C=O) groups is 1. The van der Waals surface area contributed by atoms with Crippen LogP contribution in [0.2, 0.25) is 0 Å². The Labute approximate surface area is 88.3 Å². The minimum absolute atomic E-state index is 0.0513. The van der Waals surface area contributed by atoms with E-state index in [0.717, 1.165) is 18.7 Å². The van der Waals surface area contributed by atoms with E-state index >= 15 is 0 Å². The summed E-state index contributed by atoms with van der Waals surface area (Å²) < 4.78 is 5.76. The molecule has 1 N–H and O–H groups in total. The molecule has 15 heavy (non-hydrogen) atoms. The molecule has 0 radical (unpaired) electrons. The average Bonchev–Trinajstić information content (AvgIpc) is 2.97. The van der Waals surface area contributed by atoms with Gasteiger partial charge < -0.3 is 9.84 Å². The smallest absolute Gasteiger partial charge is 0.306 e. The first kappa shape index (κ1) is 9.19. The van der Waals surface area contributed by atoms with E-state index < -0.39 is 5.97 Å². The van der Waals surface area contributed by atoms with E-state index in [-0.39, 0.29) is 18.1 Å². The van der Waals surface area contributed by atoms with Gasteiger partial charge in [-0.25, -0.2) is 4.99 Å². The summed E-state index contributed by atoms with van der Waals surface area (Å²) in [4.78, 5) is 15.4. The van der Waals surface area contributed by atoms with Crippen LogP contribution in [0.25, 0.3) is 0 Å². The number of hydrogen-bond acceptors (Lipinski definition) is 3. The number of carboxylic acid groups (broad SMARTS) is 1. The fraction of sp³-hybridized carbons (Fsp3) is 0.818. The van der Waals surface area contributed by atoms with Crippen LogP contribution in [0.3, 0.4) is 0 Å². The molecule has 0 aromatic carbocycles. The largest absolute Gasteiger partial charge is 0.481 e. The maximum Gasteiger partial charge on any atom is 0.306 e. The van der Waals surface area contributed by atoms with Crippen LogP contribution in [-0.4, -0.2) is 29.1 Å². The molecular weight excluding hydrogens is 194 g/mol. The van der Waals surface area contributed by atoms with Crippen molar-refractivity contribution in [2.24, 2.45) is 16.8 Å². The first-order valence-corrected chi connectivity index (χ1v) is 5.71. The average molecular weight is 209 g/mol. The maximum atomic E-state index is 10.9. The van der Waals surface area contributed by atoms with Crippen molar-refractivity contribution in [1.82, 2.24) is 0 Å². The third-order valence-corrected chi connectivity index (χ3v) is 3.60. The van der Waals surface area contributed by atoms with Crippen LogP contribution in [0.15, 0.2) is 4.99 Å². The molecule has 3 rings (SSSR count). The Kier molecular flexibility index (Phi) is 1.97. The highest BCUT2D eigenvalue weighted by atomic mass is 16.5. The van der Waals surface area contributed by atoms with Crippen molar-refractivity contribution >= 4 is 11.9 Å². The standard InChI is InChI=1S/C11H15NO3/c13-11(14)7-3-4-8-9(5-7)15-10(12-8)6-1-2-6/h6-9H,1-5H2,(H,13,14). The summed E-state index contributed by atoms with van der Waals surface area (Å²) in [5.74, 6) is 0.562. The second-order valence-electron chi connectivity index (χ2n) is 4.81. The number of aliphatic carboxylic acids is 1. The van der Waals surface area contributed by atoms with E-state index in [1.807, 2.05) is 0 Å². The highest BCUT2D eigenvalue weighted by Gasteiger charge is 2.43. The monoisotopic (exact) mass is 209 g/mol. The molecule has 2 aliphatic carbocycles. The van der Waals surface area contributed by atoms with Gasteiger partial charge in [-0.15, -0.1) is 0 Å². The minimum atomic E-state index is -0.683. The van der Waals surface area contributed by atoms with Gasteiger partial charge in [-0.3, -0.25) is 4.79 Å². The molecule has 82 valence electrons. The van der Waals surface area contributed by atoms with Gasteiger partial charge >= 0.3 is 5.97 Å². The SMILES string of the molecule is O=C(O)C1CCC2N=C(C3CC3)OC2C1. The van der Waals surface area contributed by atoms with Crippen LogP contribution in [0.1, 0.15) is 32.1 Å². The Hall–Kier alpha value is -1.06. The normalized spacial score (nSPS) is 39.2. The van der Waals surface area contributed by atoms with Crippen LogP contribution in [-0.2, 0) is 9.53 Å². The highest BCUT2D eigenvalue weighted by molar-refractivity contribution is 5.83. The first-order chi connectivity index (χ1) is 7.24. The molecular formula is C11H15NO3. The molecule has 0 bridgehead atoms. The predicted octanol–water partition coefficient (Wildman–Crippen LogP) is 1.45. The second kappa shape index (κ2) is 3.22. The second-order valence-corrected chi connectivity index (χ2v) is 4.81. The summed E-state index contributed by atoms with van der Waals surface area (Å²) in [6.07, 6.45) is 4.70. The molecule has 0 amide bonds. The molecule has 2 fully saturated rings. The lowest BCUT2D eigenvalue weighted by Gasteiger charge is -2.26. The molecule has 2 saturated carbocycles. The topological polar surface area (TPSA) is 58.9 Å². The van der Waals surface area contributed by atoms with Gasteiger partial charge in [0.2, 0.25) is 0 Å². The number of rotatable bonds is 2. The lowest BCUT2D eigenvalue weighted by molar-refractivity contribution is -0.143. The maximum absolute atomic E-state index is 10.9. The fourth-order valence-corrected chi connectivity index (χ4v) is 2.49. The summed E-state index contributed by atoms with van der Waals surface area (Å²) in [6.45, 7) is 0. The van der Waals surface area contributed by atoms with Gasteiger partial charge in [-0.2, -0.15) is 0 Å². The first-order valence-electron chi connectivity index (χ1n) is 5.71. The zero-order valence-electron chi connectivity index (χ0n) is 8.56. The van der Waals surface area contributed by atoms with Gasteiger partial charge in [0, 0.05) is 5.92 Å². The molecule has 0 aromatic heterocycles. The van der Waals surface area contributed by atoms with E-state index in [0.29, 0.717) is 12.3 Å². The van der Waals surface area contributed by atoms with Gasteiger partial charge in [0.1, 0.15) is 6.10 Å². The third kappa shape index (κ3) is 1.62. The summed E-state index contributed by atoms with van der Waals surface area (Å²) in [5, 5.41) is 8.95. The fourth-order valence-electron chi connectivity index (χ4n) is 2.49. The van der Waals surface area contributed by atoms with Crippen LogP contribution in [0, 0.1) is 11.8 Å². The van der Waals surface area contributed by atoms with Gasteiger partial charge in [0.05, 0.1) is 12.0 Å². The summed E-state index contributed by atoms with van der Waals surface area (Å²) >= 11 is 0. The molecule has 1 heterocycles. The minimum Gasteiger partial charge on any atom is -0.481 e. The van der Waals surface area contributed by atoms with Crippen molar-refractivity contribution < 1.29 is 14.6 Å². The van der Waals surface area contributed by atoms with Gasteiger partial charge in [0.25, 0.3) is 0 Å². The number of aliphatic imine (C=N–C) groups is 1. The van der Waals surface area contributed by atoms with Gasteiger partial charge in [-0.05, 0) is 32.1 Å². The molecule has 0 aromatic rings. The van der Waals surface area contributed by atoms with Crippen LogP contribution >= 0.6 is 0 Å². The Balaban J connectivity index is 1.67. The molecule has 1 aliphatic heterocycles. The van der Waals surface area contributed by atoms with E-state index in [4.69, 9.17) is 9.84 Å². The lowest BCUT2D eigenvalue weighted by Crippen LogP contribution is -2.34. The van der Waals surface area contributed by atoms with Crippen molar-refractivity contribution in [3.63, 3.8) is 0 Å². The summed E-state index contributed by atoms with van der Waals surface area (Å²) in [6, 6.07) is 0.246. The van der Waals surface area contributed by atoms with Crippen molar-refractivity contribution in [1.29, 1.82) is 0 Å². The Morgan fingerprint density at radius 3 is 2.80 bits per heavy atom. The molecule has 3 unspecified atom stereocenters. The van der Waals surface area contributed by atoms with Crippen molar-refractivity contribution in [2.45, 2.75) is 44.2 Å².